The van der Waals surface area contributed by atoms with E-state index in [1.807, 2.05) is 0 Å². The molecule has 0 aromatic heterocycles. The molecule has 0 saturated heterocycles. The normalized spacial score (nSPS) is 13.1. The Hall–Kier alpha value is -1.31. The predicted octanol–water partition coefficient (Wildman–Crippen LogP) is 3.77. The molecule has 1 atom stereocenters. The van der Waals surface area contributed by atoms with Crippen LogP contribution in [0.5, 0.6) is 0 Å². The zero-order chi connectivity index (χ0) is 15.6. The van der Waals surface area contributed by atoms with Gasteiger partial charge in [-0.15, -0.1) is 0 Å². The number of benzene rings is 2. The summed E-state index contributed by atoms with van der Waals surface area (Å²) in [4.78, 5) is -0.605. The van der Waals surface area contributed by atoms with Gasteiger partial charge < -0.3 is 0 Å². The molecule has 7 heteroatoms. The summed E-state index contributed by atoms with van der Waals surface area (Å²) in [6, 6.07) is 9.75. The molecule has 2 aromatic rings. The van der Waals surface area contributed by atoms with E-state index >= 15 is 0 Å². The van der Waals surface area contributed by atoms with E-state index < -0.39 is 32.6 Å². The molecule has 2 rings (SSSR count). The Balaban J connectivity index is 2.36. The molecule has 0 aliphatic heterocycles. The lowest BCUT2D eigenvalue weighted by atomic mass is 10.1. The maximum atomic E-state index is 13.8. The molecule has 0 aliphatic rings. The Morgan fingerprint density at radius 2 is 1.76 bits per heavy atom. The standard InChI is InChI=1S/C14H12BrF2NO2S/c1-9(10-5-3-2-4-6-10)18-21(19,20)14-12(15)7-11(16)8-13(14)17/h2-9,18H,1H3/t9-/m0/s1. The van der Waals surface area contributed by atoms with Crippen molar-refractivity contribution in [3.8, 4) is 0 Å². The van der Waals surface area contributed by atoms with Crippen molar-refractivity contribution in [3.05, 3.63) is 64.1 Å². The van der Waals surface area contributed by atoms with Crippen LogP contribution >= 0.6 is 15.9 Å². The second-order valence-electron chi connectivity index (χ2n) is 4.45. The van der Waals surface area contributed by atoms with Crippen molar-refractivity contribution in [2.75, 3.05) is 0 Å². The molecule has 0 bridgehead atoms. The number of hydrogen-bond acceptors (Lipinski definition) is 2. The number of halogens is 3. The maximum Gasteiger partial charge on any atom is 0.245 e. The van der Waals surface area contributed by atoms with Crippen LogP contribution in [-0.2, 0) is 10.0 Å². The van der Waals surface area contributed by atoms with Gasteiger partial charge in [-0.25, -0.2) is 21.9 Å². The number of sulfonamides is 1. The largest absolute Gasteiger partial charge is 0.245 e. The predicted molar refractivity (Wildman–Crippen MR) is 79.2 cm³/mol. The van der Waals surface area contributed by atoms with Gasteiger partial charge in [0, 0.05) is 16.6 Å². The minimum absolute atomic E-state index is 0.159. The smallest absolute Gasteiger partial charge is 0.207 e. The van der Waals surface area contributed by atoms with Gasteiger partial charge in [-0.05, 0) is 34.5 Å². The molecule has 0 spiro atoms. The van der Waals surface area contributed by atoms with Crippen LogP contribution in [0.4, 0.5) is 8.78 Å². The summed E-state index contributed by atoms with van der Waals surface area (Å²) in [5.41, 5.74) is 0.736. The van der Waals surface area contributed by atoms with Crippen molar-refractivity contribution in [2.24, 2.45) is 0 Å². The molecule has 21 heavy (non-hydrogen) atoms. The third kappa shape index (κ3) is 3.66. The molecule has 0 heterocycles. The third-order valence-corrected chi connectivity index (χ3v) is 5.37. The quantitative estimate of drug-likeness (QED) is 0.883. The van der Waals surface area contributed by atoms with Crippen LogP contribution in [0, 0.1) is 11.6 Å². The van der Waals surface area contributed by atoms with E-state index in [2.05, 4.69) is 20.7 Å². The lowest BCUT2D eigenvalue weighted by Crippen LogP contribution is -2.28. The second kappa shape index (κ2) is 6.21. The van der Waals surface area contributed by atoms with Crippen molar-refractivity contribution in [1.82, 2.24) is 4.72 Å². The maximum absolute atomic E-state index is 13.8. The average molecular weight is 376 g/mol. The van der Waals surface area contributed by atoms with E-state index in [0.29, 0.717) is 6.07 Å². The lowest BCUT2D eigenvalue weighted by molar-refractivity contribution is 0.534. The summed E-state index contributed by atoms with van der Waals surface area (Å²) in [5.74, 6) is -2.00. The highest BCUT2D eigenvalue weighted by Crippen LogP contribution is 2.27. The molecule has 112 valence electrons. The van der Waals surface area contributed by atoms with Crippen LogP contribution < -0.4 is 4.72 Å². The Kier molecular flexibility index (Phi) is 4.75. The zero-order valence-electron chi connectivity index (χ0n) is 11.0. The fourth-order valence-electron chi connectivity index (χ4n) is 1.89. The van der Waals surface area contributed by atoms with Gasteiger partial charge in [-0.2, -0.15) is 0 Å². The fraction of sp³-hybridized carbons (Fsp3) is 0.143. The van der Waals surface area contributed by atoms with Crippen molar-refractivity contribution in [1.29, 1.82) is 0 Å². The van der Waals surface area contributed by atoms with E-state index in [0.717, 1.165) is 11.6 Å². The third-order valence-electron chi connectivity index (χ3n) is 2.86. The Labute approximate surface area is 130 Å². The van der Waals surface area contributed by atoms with Crippen LogP contribution in [0.25, 0.3) is 0 Å². The number of hydrogen-bond donors (Lipinski definition) is 1. The fourth-order valence-corrected chi connectivity index (χ4v) is 4.29. The van der Waals surface area contributed by atoms with E-state index in [1.165, 1.54) is 0 Å². The Morgan fingerprint density at radius 1 is 1.14 bits per heavy atom. The van der Waals surface area contributed by atoms with Gasteiger partial charge in [0.05, 0.1) is 0 Å². The van der Waals surface area contributed by atoms with Crippen LogP contribution in [0.2, 0.25) is 0 Å². The zero-order valence-corrected chi connectivity index (χ0v) is 13.4. The molecule has 0 fully saturated rings. The SMILES string of the molecule is C[C@H](NS(=O)(=O)c1c(F)cc(F)cc1Br)c1ccccc1. The summed E-state index contributed by atoms with van der Waals surface area (Å²) in [5, 5.41) is 0. The van der Waals surface area contributed by atoms with Crippen LogP contribution in [0.3, 0.4) is 0 Å². The highest BCUT2D eigenvalue weighted by atomic mass is 79.9. The van der Waals surface area contributed by atoms with Gasteiger partial charge in [-0.1, -0.05) is 30.3 Å². The first-order valence-electron chi connectivity index (χ1n) is 6.03. The van der Waals surface area contributed by atoms with E-state index in [4.69, 9.17) is 0 Å². The molecular formula is C14H12BrF2NO2S. The summed E-state index contributed by atoms with van der Waals surface area (Å²) in [6.45, 7) is 1.64. The summed E-state index contributed by atoms with van der Waals surface area (Å²) < 4.78 is 53.6. The van der Waals surface area contributed by atoms with Crippen LogP contribution in [0.15, 0.2) is 51.8 Å². The molecule has 0 aliphatic carbocycles. The molecule has 2 aromatic carbocycles. The first-order valence-corrected chi connectivity index (χ1v) is 8.30. The first kappa shape index (κ1) is 16.1. The van der Waals surface area contributed by atoms with Crippen molar-refractivity contribution >= 4 is 26.0 Å². The average Bonchev–Trinajstić information content (AvgIpc) is 2.37. The second-order valence-corrected chi connectivity index (χ2v) is 6.96. The Bertz CT molecular complexity index is 728. The van der Waals surface area contributed by atoms with E-state index in [9.17, 15) is 17.2 Å². The Morgan fingerprint density at radius 3 is 2.33 bits per heavy atom. The molecule has 0 amide bonds. The van der Waals surface area contributed by atoms with Gasteiger partial charge in [0.15, 0.2) is 0 Å². The minimum Gasteiger partial charge on any atom is -0.207 e. The van der Waals surface area contributed by atoms with Gasteiger partial charge in [0.25, 0.3) is 0 Å². The van der Waals surface area contributed by atoms with Crippen molar-refractivity contribution in [2.45, 2.75) is 17.9 Å². The van der Waals surface area contributed by atoms with Gasteiger partial charge >= 0.3 is 0 Å². The first-order chi connectivity index (χ1) is 9.81. The molecule has 0 saturated carbocycles. The van der Waals surface area contributed by atoms with Crippen LogP contribution in [0.1, 0.15) is 18.5 Å². The van der Waals surface area contributed by atoms with E-state index in [1.54, 1.807) is 37.3 Å². The molecule has 0 unspecified atom stereocenters. The highest BCUT2D eigenvalue weighted by Gasteiger charge is 2.25. The summed E-state index contributed by atoms with van der Waals surface area (Å²) in [7, 11) is -4.12. The molecule has 1 N–H and O–H groups in total. The van der Waals surface area contributed by atoms with Crippen molar-refractivity contribution < 1.29 is 17.2 Å². The molecule has 3 nitrogen and oxygen atoms in total. The summed E-state index contributed by atoms with van der Waals surface area (Å²) >= 11 is 2.88. The lowest BCUT2D eigenvalue weighted by Gasteiger charge is -2.16. The number of nitrogens with one attached hydrogen (secondary N) is 1. The number of rotatable bonds is 4. The molecular weight excluding hydrogens is 364 g/mol. The van der Waals surface area contributed by atoms with E-state index in [-0.39, 0.29) is 4.47 Å². The van der Waals surface area contributed by atoms with Crippen molar-refractivity contribution in [3.63, 3.8) is 0 Å². The van der Waals surface area contributed by atoms with Crippen LogP contribution in [-0.4, -0.2) is 8.42 Å². The monoisotopic (exact) mass is 375 g/mol. The van der Waals surface area contributed by atoms with Gasteiger partial charge in [-0.3, -0.25) is 0 Å². The van der Waals surface area contributed by atoms with Gasteiger partial charge in [0.1, 0.15) is 16.5 Å². The van der Waals surface area contributed by atoms with Gasteiger partial charge in [0.2, 0.25) is 10.0 Å². The summed E-state index contributed by atoms with van der Waals surface area (Å²) in [6.07, 6.45) is 0. The highest BCUT2D eigenvalue weighted by molar-refractivity contribution is 9.10. The topological polar surface area (TPSA) is 46.2 Å². The molecule has 0 radical (unpaired) electrons. The minimum atomic E-state index is -4.12.